The fourth-order valence-corrected chi connectivity index (χ4v) is 2.69. The third kappa shape index (κ3) is 2.94. The Bertz CT molecular complexity index is 695. The maximum absolute atomic E-state index is 10.0. The van der Waals surface area contributed by atoms with Crippen molar-refractivity contribution in [3.8, 4) is 0 Å². The zero-order chi connectivity index (χ0) is 15.0. The summed E-state index contributed by atoms with van der Waals surface area (Å²) < 4.78 is 7.20. The van der Waals surface area contributed by atoms with Crippen molar-refractivity contribution in [1.29, 1.82) is 0 Å². The molecule has 0 fully saturated rings. The molecule has 5 heteroatoms. The van der Waals surface area contributed by atoms with Crippen LogP contribution in [0.1, 0.15) is 25.8 Å². The molecule has 5 nitrogen and oxygen atoms in total. The Hall–Kier alpha value is -1.85. The molecule has 0 radical (unpaired) electrons. The summed E-state index contributed by atoms with van der Waals surface area (Å²) in [5.41, 5.74) is 9.43. The smallest absolute Gasteiger partial charge is 0.201 e. The molecular formula is C16H21N3O2. The summed E-state index contributed by atoms with van der Waals surface area (Å²) in [5.74, 6) is 0.435. The molecule has 0 amide bonds. The fourth-order valence-electron chi connectivity index (χ4n) is 2.69. The van der Waals surface area contributed by atoms with Crippen molar-refractivity contribution < 1.29 is 9.84 Å². The first kappa shape index (κ1) is 14.1. The summed E-state index contributed by atoms with van der Waals surface area (Å²) in [4.78, 5) is 4.42. The Kier molecular flexibility index (Phi) is 3.47. The van der Waals surface area contributed by atoms with Gasteiger partial charge in [0.05, 0.1) is 36.4 Å². The third-order valence-corrected chi connectivity index (χ3v) is 3.66. The summed E-state index contributed by atoms with van der Waals surface area (Å²) in [7, 11) is 0. The second-order valence-electron chi connectivity index (χ2n) is 6.13. The third-order valence-electron chi connectivity index (χ3n) is 3.66. The van der Waals surface area contributed by atoms with Gasteiger partial charge in [0.25, 0.3) is 0 Å². The molecule has 0 atom stereocenters. The topological polar surface area (TPSA) is 73.3 Å². The van der Waals surface area contributed by atoms with Crippen LogP contribution in [-0.4, -0.2) is 33.5 Å². The molecule has 0 bridgehead atoms. The van der Waals surface area contributed by atoms with Crippen LogP contribution < -0.4 is 5.73 Å². The van der Waals surface area contributed by atoms with Crippen LogP contribution in [0, 0.1) is 0 Å². The van der Waals surface area contributed by atoms with Crippen LogP contribution in [0.25, 0.3) is 16.6 Å². The first-order valence-corrected chi connectivity index (χ1v) is 7.19. The van der Waals surface area contributed by atoms with Crippen molar-refractivity contribution in [1.82, 2.24) is 9.55 Å². The van der Waals surface area contributed by atoms with E-state index in [2.05, 4.69) is 23.2 Å². The molecule has 0 aliphatic carbocycles. The van der Waals surface area contributed by atoms with Crippen molar-refractivity contribution in [3.05, 3.63) is 29.8 Å². The first-order valence-electron chi connectivity index (χ1n) is 7.19. The monoisotopic (exact) mass is 287 g/mol. The maximum Gasteiger partial charge on any atom is 0.201 e. The van der Waals surface area contributed by atoms with Gasteiger partial charge in [-0.1, -0.05) is 12.1 Å². The summed E-state index contributed by atoms with van der Waals surface area (Å²) in [5, 5.41) is 10.0. The van der Waals surface area contributed by atoms with Gasteiger partial charge >= 0.3 is 0 Å². The molecule has 0 saturated carbocycles. The number of anilines is 1. The molecule has 0 saturated heterocycles. The highest BCUT2D eigenvalue weighted by Gasteiger charge is 2.18. The van der Waals surface area contributed by atoms with E-state index in [0.717, 1.165) is 24.1 Å². The molecule has 1 aliphatic rings. The number of nitrogens with two attached hydrogens (primary N) is 1. The van der Waals surface area contributed by atoms with Crippen LogP contribution in [0.3, 0.4) is 0 Å². The second-order valence-corrected chi connectivity index (χ2v) is 6.13. The van der Waals surface area contributed by atoms with E-state index in [1.807, 2.05) is 10.6 Å². The van der Waals surface area contributed by atoms with Gasteiger partial charge in [-0.2, -0.15) is 0 Å². The number of fused-ring (bicyclic) bond motifs is 1. The van der Waals surface area contributed by atoms with E-state index in [1.54, 1.807) is 13.8 Å². The van der Waals surface area contributed by atoms with Gasteiger partial charge in [0, 0.05) is 0 Å². The second kappa shape index (κ2) is 5.16. The van der Waals surface area contributed by atoms with Gasteiger partial charge in [-0.25, -0.2) is 4.98 Å². The summed E-state index contributed by atoms with van der Waals surface area (Å²) >= 11 is 0. The molecule has 1 aromatic heterocycles. The van der Waals surface area contributed by atoms with E-state index >= 15 is 0 Å². The average molecular weight is 287 g/mol. The molecule has 0 unspecified atom stereocenters. The predicted octanol–water partition coefficient (Wildman–Crippen LogP) is 2.19. The van der Waals surface area contributed by atoms with E-state index in [-0.39, 0.29) is 0 Å². The number of nitrogen functional groups attached to an aromatic ring is 1. The quantitative estimate of drug-likeness (QED) is 0.907. The Labute approximate surface area is 124 Å². The van der Waals surface area contributed by atoms with Gasteiger partial charge in [-0.15, -0.1) is 0 Å². The SMILES string of the molecule is CC(C)(O)Cn1c(N)nc2cc(C3=CCOCC3)ccc21. The molecule has 112 valence electrons. The molecule has 1 aliphatic heterocycles. The van der Waals surface area contributed by atoms with Crippen molar-refractivity contribution in [2.24, 2.45) is 0 Å². The predicted molar refractivity (Wildman–Crippen MR) is 83.9 cm³/mol. The van der Waals surface area contributed by atoms with Gasteiger partial charge < -0.3 is 20.1 Å². The molecule has 3 N–H and O–H groups in total. The lowest BCUT2D eigenvalue weighted by atomic mass is 10.0. The van der Waals surface area contributed by atoms with E-state index in [4.69, 9.17) is 10.5 Å². The maximum atomic E-state index is 10.0. The lowest BCUT2D eigenvalue weighted by Crippen LogP contribution is -2.26. The number of nitrogens with zero attached hydrogens (tertiary/aromatic N) is 2. The zero-order valence-corrected chi connectivity index (χ0v) is 12.5. The average Bonchev–Trinajstić information content (AvgIpc) is 2.74. The number of ether oxygens (including phenoxy) is 1. The highest BCUT2D eigenvalue weighted by molar-refractivity contribution is 5.83. The number of aliphatic hydroxyl groups is 1. The highest BCUT2D eigenvalue weighted by atomic mass is 16.5. The van der Waals surface area contributed by atoms with Gasteiger partial charge in [0.1, 0.15) is 0 Å². The first-order chi connectivity index (χ1) is 9.94. The lowest BCUT2D eigenvalue weighted by molar-refractivity contribution is 0.0633. The summed E-state index contributed by atoms with van der Waals surface area (Å²) in [6, 6.07) is 6.17. The van der Waals surface area contributed by atoms with Gasteiger partial charge in [0.15, 0.2) is 0 Å². The normalized spacial score (nSPS) is 16.2. The van der Waals surface area contributed by atoms with Crippen LogP contribution >= 0.6 is 0 Å². The van der Waals surface area contributed by atoms with Gasteiger partial charge in [-0.3, -0.25) is 0 Å². The van der Waals surface area contributed by atoms with Crippen LogP contribution in [0.2, 0.25) is 0 Å². The molecular weight excluding hydrogens is 266 g/mol. The number of hydrogen-bond donors (Lipinski definition) is 2. The summed E-state index contributed by atoms with van der Waals surface area (Å²) in [6.45, 7) is 5.38. The molecule has 2 heterocycles. The van der Waals surface area contributed by atoms with Gasteiger partial charge in [0.2, 0.25) is 5.95 Å². The fraction of sp³-hybridized carbons (Fsp3) is 0.438. The van der Waals surface area contributed by atoms with Crippen molar-refractivity contribution in [2.45, 2.75) is 32.4 Å². The lowest BCUT2D eigenvalue weighted by Gasteiger charge is -2.19. The number of rotatable bonds is 3. The minimum atomic E-state index is -0.830. The zero-order valence-electron chi connectivity index (χ0n) is 12.5. The molecule has 21 heavy (non-hydrogen) atoms. The Morgan fingerprint density at radius 3 is 2.90 bits per heavy atom. The molecule has 1 aromatic carbocycles. The van der Waals surface area contributed by atoms with Crippen LogP contribution in [-0.2, 0) is 11.3 Å². The van der Waals surface area contributed by atoms with Crippen LogP contribution in [0.15, 0.2) is 24.3 Å². The number of benzene rings is 1. The Balaban J connectivity index is 2.02. The molecule has 3 rings (SSSR count). The molecule has 2 aromatic rings. The van der Waals surface area contributed by atoms with Crippen LogP contribution in [0.5, 0.6) is 0 Å². The van der Waals surface area contributed by atoms with Crippen molar-refractivity contribution >= 4 is 22.6 Å². The van der Waals surface area contributed by atoms with Crippen molar-refractivity contribution in [3.63, 3.8) is 0 Å². The minimum Gasteiger partial charge on any atom is -0.389 e. The highest BCUT2D eigenvalue weighted by Crippen LogP contribution is 2.27. The summed E-state index contributed by atoms with van der Waals surface area (Å²) in [6.07, 6.45) is 3.03. The van der Waals surface area contributed by atoms with E-state index < -0.39 is 5.60 Å². The van der Waals surface area contributed by atoms with E-state index in [1.165, 1.54) is 11.1 Å². The largest absolute Gasteiger partial charge is 0.389 e. The minimum absolute atomic E-state index is 0.422. The number of hydrogen-bond acceptors (Lipinski definition) is 4. The number of imidazole rings is 1. The van der Waals surface area contributed by atoms with E-state index in [9.17, 15) is 5.11 Å². The van der Waals surface area contributed by atoms with Crippen LogP contribution in [0.4, 0.5) is 5.95 Å². The molecule has 0 spiro atoms. The Morgan fingerprint density at radius 2 is 2.24 bits per heavy atom. The standard InChI is InChI=1S/C16H21N3O2/c1-16(2,20)10-19-14-4-3-12(9-13(14)18-15(19)17)11-5-7-21-8-6-11/h3-5,9,20H,6-8,10H2,1-2H3,(H2,17,18). The van der Waals surface area contributed by atoms with Gasteiger partial charge in [-0.05, 0) is 43.5 Å². The van der Waals surface area contributed by atoms with Crippen molar-refractivity contribution in [2.75, 3.05) is 18.9 Å². The number of aromatic nitrogens is 2. The Morgan fingerprint density at radius 1 is 1.43 bits per heavy atom. The van der Waals surface area contributed by atoms with E-state index in [0.29, 0.717) is 19.1 Å².